The molecule has 2 atom stereocenters. The number of nitrogens with two attached hydrogens (primary N) is 1. The van der Waals surface area contributed by atoms with Crippen LogP contribution in [0.4, 0.5) is 0 Å². The van der Waals surface area contributed by atoms with Crippen molar-refractivity contribution in [3.8, 4) is 5.75 Å². The number of rotatable bonds is 3. The molecule has 98 valence electrons. The van der Waals surface area contributed by atoms with Crippen molar-refractivity contribution in [1.29, 1.82) is 0 Å². The summed E-state index contributed by atoms with van der Waals surface area (Å²) in [7, 11) is 1.71. The van der Waals surface area contributed by atoms with Crippen LogP contribution in [-0.2, 0) is 11.2 Å². The van der Waals surface area contributed by atoms with E-state index in [4.69, 9.17) is 15.2 Å². The second kappa shape index (κ2) is 4.56. The second-order valence-electron chi connectivity index (χ2n) is 5.50. The maximum atomic E-state index is 6.07. The Balaban J connectivity index is 2.00. The Morgan fingerprint density at radius 1 is 1.50 bits per heavy atom. The van der Waals surface area contributed by atoms with Crippen molar-refractivity contribution in [3.63, 3.8) is 0 Å². The van der Waals surface area contributed by atoms with E-state index in [9.17, 15) is 0 Å². The van der Waals surface area contributed by atoms with Gasteiger partial charge >= 0.3 is 0 Å². The number of methoxy groups -OCH3 is 1. The molecule has 1 aromatic rings. The lowest BCUT2D eigenvalue weighted by Crippen LogP contribution is -2.34. The van der Waals surface area contributed by atoms with E-state index in [1.165, 1.54) is 17.5 Å². The first-order valence-corrected chi connectivity index (χ1v) is 6.77. The lowest BCUT2D eigenvalue weighted by molar-refractivity contribution is -0.0792. The SMILES string of the molecule is COc1ccc2c(c1)[C@@H]1OCCC[C@]1(CCN)C2. The molecule has 0 spiro atoms. The average Bonchev–Trinajstić information content (AvgIpc) is 2.72. The van der Waals surface area contributed by atoms with Crippen LogP contribution in [-0.4, -0.2) is 20.3 Å². The molecule has 3 heteroatoms. The predicted octanol–water partition coefficient (Wildman–Crippen LogP) is 2.44. The fraction of sp³-hybridized carbons (Fsp3) is 0.600. The zero-order chi connectivity index (χ0) is 12.6. The lowest BCUT2D eigenvalue weighted by Gasteiger charge is -2.39. The van der Waals surface area contributed by atoms with Gasteiger partial charge < -0.3 is 15.2 Å². The van der Waals surface area contributed by atoms with E-state index < -0.39 is 0 Å². The average molecular weight is 247 g/mol. The first-order chi connectivity index (χ1) is 8.79. The molecule has 3 nitrogen and oxygen atoms in total. The molecule has 0 unspecified atom stereocenters. The summed E-state index contributed by atoms with van der Waals surface area (Å²) in [6.45, 7) is 1.61. The summed E-state index contributed by atoms with van der Waals surface area (Å²) >= 11 is 0. The highest BCUT2D eigenvalue weighted by atomic mass is 16.5. The molecule has 1 aromatic carbocycles. The zero-order valence-electron chi connectivity index (χ0n) is 10.9. The van der Waals surface area contributed by atoms with E-state index in [1.807, 2.05) is 6.07 Å². The molecular formula is C15H21NO2. The van der Waals surface area contributed by atoms with Crippen molar-refractivity contribution >= 4 is 0 Å². The van der Waals surface area contributed by atoms with Crippen LogP contribution in [0.3, 0.4) is 0 Å². The van der Waals surface area contributed by atoms with Gasteiger partial charge in [0.05, 0.1) is 13.2 Å². The van der Waals surface area contributed by atoms with Crippen molar-refractivity contribution in [2.75, 3.05) is 20.3 Å². The molecule has 2 aliphatic rings. The van der Waals surface area contributed by atoms with Crippen LogP contribution in [0.5, 0.6) is 5.75 Å². The van der Waals surface area contributed by atoms with Gasteiger partial charge in [0.15, 0.2) is 0 Å². The summed E-state index contributed by atoms with van der Waals surface area (Å²) < 4.78 is 11.4. The molecular weight excluding hydrogens is 226 g/mol. The molecule has 1 heterocycles. The van der Waals surface area contributed by atoms with E-state index in [0.717, 1.165) is 38.2 Å². The van der Waals surface area contributed by atoms with Gasteiger partial charge in [0.1, 0.15) is 5.75 Å². The highest BCUT2D eigenvalue weighted by molar-refractivity contribution is 5.43. The van der Waals surface area contributed by atoms with E-state index >= 15 is 0 Å². The third-order valence-corrected chi connectivity index (χ3v) is 4.48. The van der Waals surface area contributed by atoms with E-state index in [-0.39, 0.29) is 11.5 Å². The Morgan fingerprint density at radius 2 is 2.39 bits per heavy atom. The number of hydrogen-bond acceptors (Lipinski definition) is 3. The number of fused-ring (bicyclic) bond motifs is 3. The standard InChI is InChI=1S/C15H21NO2/c1-17-12-4-3-11-10-15(6-7-16)5-2-8-18-14(15)13(11)9-12/h3-4,9,14H,2,5-8,10,16H2,1H3/t14-,15-/m0/s1. The summed E-state index contributed by atoms with van der Waals surface area (Å²) in [5, 5.41) is 0. The van der Waals surface area contributed by atoms with Crippen molar-refractivity contribution < 1.29 is 9.47 Å². The number of benzene rings is 1. The third-order valence-electron chi connectivity index (χ3n) is 4.48. The van der Waals surface area contributed by atoms with E-state index in [0.29, 0.717) is 0 Å². The molecule has 2 N–H and O–H groups in total. The highest BCUT2D eigenvalue weighted by Crippen LogP contribution is 2.55. The van der Waals surface area contributed by atoms with Crippen LogP contribution < -0.4 is 10.5 Å². The summed E-state index contributed by atoms with van der Waals surface area (Å²) in [4.78, 5) is 0. The molecule has 0 bridgehead atoms. The number of ether oxygens (including phenoxy) is 2. The van der Waals surface area contributed by atoms with Crippen LogP contribution in [0, 0.1) is 5.41 Å². The Bertz CT molecular complexity index is 442. The van der Waals surface area contributed by atoms with Gasteiger partial charge in [0, 0.05) is 12.0 Å². The van der Waals surface area contributed by atoms with E-state index in [2.05, 4.69) is 12.1 Å². The predicted molar refractivity (Wildman–Crippen MR) is 70.7 cm³/mol. The Hall–Kier alpha value is -1.06. The van der Waals surface area contributed by atoms with Crippen LogP contribution in [0.25, 0.3) is 0 Å². The molecule has 18 heavy (non-hydrogen) atoms. The summed E-state index contributed by atoms with van der Waals surface area (Å²) in [5.74, 6) is 0.923. The molecule has 3 rings (SSSR count). The Labute approximate surface area is 108 Å². The Morgan fingerprint density at radius 3 is 3.17 bits per heavy atom. The normalized spacial score (nSPS) is 29.8. The maximum Gasteiger partial charge on any atom is 0.119 e. The van der Waals surface area contributed by atoms with Crippen LogP contribution in [0.1, 0.15) is 36.5 Å². The van der Waals surface area contributed by atoms with Gasteiger partial charge in [0.25, 0.3) is 0 Å². The smallest absolute Gasteiger partial charge is 0.119 e. The van der Waals surface area contributed by atoms with Crippen LogP contribution in [0.2, 0.25) is 0 Å². The van der Waals surface area contributed by atoms with Crippen molar-refractivity contribution in [1.82, 2.24) is 0 Å². The largest absolute Gasteiger partial charge is 0.497 e. The summed E-state index contributed by atoms with van der Waals surface area (Å²) in [6, 6.07) is 6.38. The van der Waals surface area contributed by atoms with Crippen LogP contribution >= 0.6 is 0 Å². The number of hydrogen-bond donors (Lipinski definition) is 1. The minimum absolute atomic E-state index is 0.222. The quantitative estimate of drug-likeness (QED) is 0.892. The minimum atomic E-state index is 0.222. The molecule has 0 saturated carbocycles. The van der Waals surface area contributed by atoms with Crippen molar-refractivity contribution in [2.45, 2.75) is 31.8 Å². The van der Waals surface area contributed by atoms with Gasteiger partial charge in [0.2, 0.25) is 0 Å². The third kappa shape index (κ3) is 1.73. The zero-order valence-corrected chi connectivity index (χ0v) is 10.9. The fourth-order valence-electron chi connectivity index (χ4n) is 3.65. The maximum absolute atomic E-state index is 6.07. The molecule has 1 aliphatic heterocycles. The fourth-order valence-corrected chi connectivity index (χ4v) is 3.65. The van der Waals surface area contributed by atoms with E-state index in [1.54, 1.807) is 7.11 Å². The molecule has 1 fully saturated rings. The topological polar surface area (TPSA) is 44.5 Å². The molecule has 0 aromatic heterocycles. The monoisotopic (exact) mass is 247 g/mol. The molecule has 1 aliphatic carbocycles. The minimum Gasteiger partial charge on any atom is -0.497 e. The molecule has 0 radical (unpaired) electrons. The van der Waals surface area contributed by atoms with Gasteiger partial charge in [-0.1, -0.05) is 6.07 Å². The lowest BCUT2D eigenvalue weighted by atomic mass is 9.74. The van der Waals surface area contributed by atoms with Gasteiger partial charge in [-0.05, 0) is 55.5 Å². The first-order valence-electron chi connectivity index (χ1n) is 6.77. The highest BCUT2D eigenvalue weighted by Gasteiger charge is 2.47. The Kier molecular flexibility index (Phi) is 3.04. The van der Waals surface area contributed by atoms with Gasteiger partial charge in [-0.2, -0.15) is 0 Å². The summed E-state index contributed by atoms with van der Waals surface area (Å²) in [5.41, 5.74) is 8.79. The molecule has 0 amide bonds. The summed E-state index contributed by atoms with van der Waals surface area (Å²) in [6.07, 6.45) is 4.76. The van der Waals surface area contributed by atoms with Gasteiger partial charge in [-0.15, -0.1) is 0 Å². The second-order valence-corrected chi connectivity index (χ2v) is 5.50. The first kappa shape index (κ1) is 12.0. The van der Waals surface area contributed by atoms with Gasteiger partial charge in [-0.25, -0.2) is 0 Å². The van der Waals surface area contributed by atoms with Crippen LogP contribution in [0.15, 0.2) is 18.2 Å². The van der Waals surface area contributed by atoms with Gasteiger partial charge in [-0.3, -0.25) is 0 Å². The molecule has 1 saturated heterocycles. The van der Waals surface area contributed by atoms with Crippen molar-refractivity contribution in [3.05, 3.63) is 29.3 Å². The van der Waals surface area contributed by atoms with Crippen molar-refractivity contribution in [2.24, 2.45) is 11.1 Å².